The number of phenols is 1. The third-order valence-corrected chi connectivity index (χ3v) is 5.35. The molecule has 1 aromatic carbocycles. The number of unbranched alkanes of at least 4 members (excludes halogenated alkanes) is 10. The highest BCUT2D eigenvalue weighted by atomic mass is 32.2. The molecule has 1 aromatic rings. The van der Waals surface area contributed by atoms with Crippen LogP contribution in [0, 0.1) is 0 Å². The Morgan fingerprint density at radius 3 is 1.83 bits per heavy atom. The summed E-state index contributed by atoms with van der Waals surface area (Å²) in [5, 5.41) is 9.84. The van der Waals surface area contributed by atoms with Gasteiger partial charge in [0.1, 0.15) is 10.6 Å². The zero-order valence-electron chi connectivity index (χ0n) is 14.8. The van der Waals surface area contributed by atoms with E-state index in [4.69, 9.17) is 0 Å². The largest absolute Gasteiger partial charge is 0.508 e. The van der Waals surface area contributed by atoms with Gasteiger partial charge in [0.2, 0.25) is 0 Å². The molecule has 0 fully saturated rings. The van der Waals surface area contributed by atoms with Crippen molar-refractivity contribution in [3.63, 3.8) is 0 Å². The van der Waals surface area contributed by atoms with Crippen LogP contribution in [0.5, 0.6) is 5.75 Å². The van der Waals surface area contributed by atoms with E-state index in [1.54, 1.807) is 0 Å². The van der Waals surface area contributed by atoms with Gasteiger partial charge in [-0.15, -0.1) is 0 Å². The molecule has 0 unspecified atom stereocenters. The van der Waals surface area contributed by atoms with Crippen LogP contribution < -0.4 is 0 Å². The summed E-state index contributed by atoms with van der Waals surface area (Å²) in [7, 11) is -4.28. The first kappa shape index (κ1) is 21.0. The summed E-state index contributed by atoms with van der Waals surface area (Å²) in [5.74, 6) is -0.0581. The second kappa shape index (κ2) is 11.5. The van der Waals surface area contributed by atoms with Crippen LogP contribution in [0.3, 0.4) is 0 Å². The molecule has 4 nitrogen and oxygen atoms in total. The van der Waals surface area contributed by atoms with E-state index in [0.29, 0.717) is 12.0 Å². The fourth-order valence-corrected chi connectivity index (χ4v) is 3.78. The number of benzene rings is 1. The molecule has 0 saturated heterocycles. The molecule has 2 N–H and O–H groups in total. The SMILES string of the molecule is CCCCCCCCCCCCCc1c(O)cccc1S(=O)(=O)O. The Hall–Kier alpha value is -1.07. The van der Waals surface area contributed by atoms with Crippen LogP contribution in [0.2, 0.25) is 0 Å². The molecule has 0 aliphatic heterocycles. The van der Waals surface area contributed by atoms with Crippen LogP contribution in [0.15, 0.2) is 23.1 Å². The average Bonchev–Trinajstić information content (AvgIpc) is 2.52. The summed E-state index contributed by atoms with van der Waals surface area (Å²) in [4.78, 5) is -0.172. The van der Waals surface area contributed by atoms with Gasteiger partial charge in [0.05, 0.1) is 0 Å². The van der Waals surface area contributed by atoms with Gasteiger partial charge in [0.15, 0.2) is 0 Å². The molecule has 0 bridgehead atoms. The standard InChI is InChI=1S/C19H32O4S/c1-2-3-4-5-6-7-8-9-10-11-12-14-17-18(20)15-13-16-19(17)24(21,22)23/h13,15-16,20H,2-12,14H2,1H3,(H,21,22,23). The normalized spacial score (nSPS) is 11.8. The minimum absolute atomic E-state index is 0.0581. The van der Waals surface area contributed by atoms with Gasteiger partial charge in [0.25, 0.3) is 10.1 Å². The van der Waals surface area contributed by atoms with Gasteiger partial charge < -0.3 is 5.11 Å². The third-order valence-electron chi connectivity index (χ3n) is 4.42. The van der Waals surface area contributed by atoms with Crippen LogP contribution in [-0.4, -0.2) is 18.1 Å². The topological polar surface area (TPSA) is 74.6 Å². The molecule has 0 radical (unpaired) electrons. The highest BCUT2D eigenvalue weighted by Gasteiger charge is 2.17. The monoisotopic (exact) mass is 356 g/mol. The van der Waals surface area contributed by atoms with Gasteiger partial charge in [-0.3, -0.25) is 4.55 Å². The molecule has 0 amide bonds. The molecule has 0 aliphatic rings. The van der Waals surface area contributed by atoms with Crippen LogP contribution in [0.25, 0.3) is 0 Å². The van der Waals surface area contributed by atoms with E-state index in [1.807, 2.05) is 0 Å². The fourth-order valence-electron chi connectivity index (χ4n) is 3.01. The summed E-state index contributed by atoms with van der Waals surface area (Å²) in [6.45, 7) is 2.23. The Kier molecular flexibility index (Phi) is 10.0. The zero-order valence-corrected chi connectivity index (χ0v) is 15.7. The van der Waals surface area contributed by atoms with Gasteiger partial charge in [-0.1, -0.05) is 77.2 Å². The molecule has 0 atom stereocenters. The second-order valence-corrected chi connectivity index (χ2v) is 7.90. The Morgan fingerprint density at radius 1 is 0.833 bits per heavy atom. The smallest absolute Gasteiger partial charge is 0.294 e. The first-order valence-electron chi connectivity index (χ1n) is 9.25. The number of rotatable bonds is 13. The highest BCUT2D eigenvalue weighted by molar-refractivity contribution is 7.85. The maximum atomic E-state index is 11.4. The first-order chi connectivity index (χ1) is 11.5. The molecule has 0 aromatic heterocycles. The minimum Gasteiger partial charge on any atom is -0.508 e. The second-order valence-electron chi connectivity index (χ2n) is 6.51. The van der Waals surface area contributed by atoms with Crippen molar-refractivity contribution in [3.05, 3.63) is 23.8 Å². The highest BCUT2D eigenvalue weighted by Crippen LogP contribution is 2.27. The predicted octanol–water partition coefficient (Wildman–Crippen LogP) is 5.49. The van der Waals surface area contributed by atoms with E-state index in [-0.39, 0.29) is 10.6 Å². The molecular formula is C19H32O4S. The van der Waals surface area contributed by atoms with E-state index >= 15 is 0 Å². The van der Waals surface area contributed by atoms with Crippen molar-refractivity contribution >= 4 is 10.1 Å². The molecule has 0 spiro atoms. The Morgan fingerprint density at radius 2 is 1.33 bits per heavy atom. The summed E-state index contributed by atoms with van der Waals surface area (Å²) in [5.41, 5.74) is 0.330. The van der Waals surface area contributed by atoms with Gasteiger partial charge in [-0.25, -0.2) is 0 Å². The Labute approximate surface area is 147 Å². The lowest BCUT2D eigenvalue weighted by atomic mass is 10.0. The molecule has 24 heavy (non-hydrogen) atoms. The van der Waals surface area contributed by atoms with Crippen LogP contribution in [0.4, 0.5) is 0 Å². The van der Waals surface area contributed by atoms with Gasteiger partial charge >= 0.3 is 0 Å². The van der Waals surface area contributed by atoms with E-state index in [0.717, 1.165) is 19.3 Å². The van der Waals surface area contributed by atoms with Crippen molar-refractivity contribution in [1.82, 2.24) is 0 Å². The summed E-state index contributed by atoms with van der Waals surface area (Å²) in [6, 6.07) is 4.23. The zero-order chi connectivity index (χ0) is 17.8. The lowest BCUT2D eigenvalue weighted by molar-refractivity contribution is 0.455. The maximum Gasteiger partial charge on any atom is 0.294 e. The Balaban J connectivity index is 2.20. The van der Waals surface area contributed by atoms with Gasteiger partial charge in [-0.05, 0) is 25.0 Å². The van der Waals surface area contributed by atoms with Crippen molar-refractivity contribution in [1.29, 1.82) is 0 Å². The van der Waals surface area contributed by atoms with E-state index in [2.05, 4.69) is 6.92 Å². The predicted molar refractivity (Wildman–Crippen MR) is 98.1 cm³/mol. The van der Waals surface area contributed by atoms with E-state index in [9.17, 15) is 18.1 Å². The molecular weight excluding hydrogens is 324 g/mol. The molecule has 0 aliphatic carbocycles. The van der Waals surface area contributed by atoms with Gasteiger partial charge in [0, 0.05) is 5.56 Å². The quantitative estimate of drug-likeness (QED) is 0.362. The summed E-state index contributed by atoms with van der Waals surface area (Å²) in [6.07, 6.45) is 13.9. The molecule has 5 heteroatoms. The molecule has 0 heterocycles. The third kappa shape index (κ3) is 8.15. The van der Waals surface area contributed by atoms with E-state index < -0.39 is 10.1 Å². The van der Waals surface area contributed by atoms with Crippen LogP contribution in [-0.2, 0) is 16.5 Å². The van der Waals surface area contributed by atoms with Gasteiger partial charge in [-0.2, -0.15) is 8.42 Å². The first-order valence-corrected chi connectivity index (χ1v) is 10.7. The Bertz CT molecular complexity index is 567. The molecule has 138 valence electrons. The van der Waals surface area contributed by atoms with Crippen molar-refractivity contribution in [2.75, 3.05) is 0 Å². The molecule has 0 saturated carbocycles. The lowest BCUT2D eigenvalue weighted by Gasteiger charge is -2.09. The number of hydrogen-bond donors (Lipinski definition) is 2. The number of hydrogen-bond acceptors (Lipinski definition) is 3. The minimum atomic E-state index is -4.28. The van der Waals surface area contributed by atoms with Crippen molar-refractivity contribution < 1.29 is 18.1 Å². The number of aromatic hydroxyl groups is 1. The maximum absolute atomic E-state index is 11.4. The van der Waals surface area contributed by atoms with Crippen molar-refractivity contribution in [2.24, 2.45) is 0 Å². The van der Waals surface area contributed by atoms with E-state index in [1.165, 1.54) is 69.6 Å². The number of phenolic OH excluding ortho intramolecular Hbond substituents is 1. The summed E-state index contributed by atoms with van der Waals surface area (Å²) >= 11 is 0. The van der Waals surface area contributed by atoms with Crippen LogP contribution >= 0.6 is 0 Å². The average molecular weight is 357 g/mol. The fraction of sp³-hybridized carbons (Fsp3) is 0.684. The lowest BCUT2D eigenvalue weighted by Crippen LogP contribution is -2.03. The van der Waals surface area contributed by atoms with Crippen molar-refractivity contribution in [2.45, 2.75) is 88.9 Å². The molecule has 1 rings (SSSR count). The van der Waals surface area contributed by atoms with Crippen LogP contribution in [0.1, 0.15) is 83.1 Å². The van der Waals surface area contributed by atoms with Crippen molar-refractivity contribution in [3.8, 4) is 5.75 Å². The summed E-state index contributed by atoms with van der Waals surface area (Å²) < 4.78 is 31.9.